The number of aromatic amines is 1. The molecule has 0 aliphatic carbocycles. The SMILES string of the molecule is CN(C)CCCS(=O)(=O)N1CCC(c2c[nH]c3c(CC(N)=O)cc(-c4cccs4)cc23)CC1. The molecule has 0 unspecified atom stereocenters. The van der Waals surface area contributed by atoms with E-state index in [1.807, 2.05) is 42.7 Å². The first-order valence-corrected chi connectivity index (χ1v) is 13.8. The maximum Gasteiger partial charge on any atom is 0.221 e. The van der Waals surface area contributed by atoms with Crippen LogP contribution in [0, 0.1) is 0 Å². The molecule has 3 aromatic rings. The summed E-state index contributed by atoms with van der Waals surface area (Å²) in [7, 11) is 0.691. The van der Waals surface area contributed by atoms with Crippen molar-refractivity contribution in [3.05, 3.63) is 47.0 Å². The van der Waals surface area contributed by atoms with Gasteiger partial charge in [-0.15, -0.1) is 11.3 Å². The number of nitrogens with one attached hydrogen (secondary N) is 1. The van der Waals surface area contributed by atoms with E-state index >= 15 is 0 Å². The average Bonchev–Trinajstić information content (AvgIpc) is 3.43. The van der Waals surface area contributed by atoms with E-state index in [-0.39, 0.29) is 24.0 Å². The number of sulfonamides is 1. The summed E-state index contributed by atoms with van der Waals surface area (Å²) >= 11 is 1.66. The van der Waals surface area contributed by atoms with Gasteiger partial charge < -0.3 is 15.6 Å². The molecule has 9 heteroatoms. The van der Waals surface area contributed by atoms with E-state index < -0.39 is 10.0 Å². The van der Waals surface area contributed by atoms with Gasteiger partial charge in [0.1, 0.15) is 0 Å². The Kier molecular flexibility index (Phi) is 7.23. The van der Waals surface area contributed by atoms with Gasteiger partial charge in [0.05, 0.1) is 12.2 Å². The zero-order valence-corrected chi connectivity index (χ0v) is 20.8. The van der Waals surface area contributed by atoms with Crippen molar-refractivity contribution in [2.75, 3.05) is 39.5 Å². The van der Waals surface area contributed by atoms with Crippen LogP contribution in [0.4, 0.5) is 0 Å². The van der Waals surface area contributed by atoms with E-state index in [9.17, 15) is 13.2 Å². The Balaban J connectivity index is 1.56. The van der Waals surface area contributed by atoms with E-state index in [2.05, 4.69) is 17.1 Å². The number of nitrogens with zero attached hydrogens (tertiary/aromatic N) is 2. The Bertz CT molecular complexity index is 1210. The first-order chi connectivity index (χ1) is 15.7. The van der Waals surface area contributed by atoms with Crippen molar-refractivity contribution in [2.45, 2.75) is 31.6 Å². The second kappa shape index (κ2) is 9.97. The molecule has 1 aliphatic heterocycles. The van der Waals surface area contributed by atoms with Crippen molar-refractivity contribution in [3.63, 3.8) is 0 Å². The molecule has 33 heavy (non-hydrogen) atoms. The largest absolute Gasteiger partial charge is 0.369 e. The third-order valence-electron chi connectivity index (χ3n) is 6.37. The fourth-order valence-corrected chi connectivity index (χ4v) is 6.95. The van der Waals surface area contributed by atoms with Gasteiger partial charge in [-0.2, -0.15) is 0 Å². The standard InChI is InChI=1S/C24H32N4O3S2/c1-27(2)8-4-12-33(30,31)28-9-6-17(7-10-28)21-16-26-24-19(15-23(25)29)13-18(14-20(21)24)22-5-3-11-32-22/h3,5,11,13-14,16-17,26H,4,6-10,12,15H2,1-2H3,(H2,25,29). The Morgan fingerprint density at radius 3 is 2.67 bits per heavy atom. The van der Waals surface area contributed by atoms with Crippen molar-refractivity contribution in [1.82, 2.24) is 14.2 Å². The molecule has 4 rings (SSSR count). The van der Waals surface area contributed by atoms with Crippen molar-refractivity contribution in [1.29, 1.82) is 0 Å². The lowest BCUT2D eigenvalue weighted by Gasteiger charge is -2.31. The Hall–Kier alpha value is -2.20. The summed E-state index contributed by atoms with van der Waals surface area (Å²) in [6, 6.07) is 8.32. The molecular formula is C24H32N4O3S2. The third-order valence-corrected chi connectivity index (χ3v) is 9.24. The number of primary amides is 1. The molecule has 1 aliphatic rings. The van der Waals surface area contributed by atoms with E-state index in [1.54, 1.807) is 15.6 Å². The number of rotatable bonds is 9. The molecule has 1 saturated heterocycles. The monoisotopic (exact) mass is 488 g/mol. The van der Waals surface area contributed by atoms with Crippen molar-refractivity contribution in [2.24, 2.45) is 5.73 Å². The topological polar surface area (TPSA) is 99.5 Å². The first-order valence-electron chi connectivity index (χ1n) is 11.3. The molecule has 1 fully saturated rings. The zero-order chi connectivity index (χ0) is 23.6. The highest BCUT2D eigenvalue weighted by molar-refractivity contribution is 7.89. The molecule has 0 saturated carbocycles. The lowest BCUT2D eigenvalue weighted by molar-refractivity contribution is -0.117. The van der Waals surface area contributed by atoms with Crippen molar-refractivity contribution in [3.8, 4) is 10.4 Å². The quantitative estimate of drug-likeness (QED) is 0.482. The minimum Gasteiger partial charge on any atom is -0.369 e. The van der Waals surface area contributed by atoms with Crippen LogP contribution in [0.3, 0.4) is 0 Å². The van der Waals surface area contributed by atoms with Crippen LogP contribution in [-0.2, 0) is 21.2 Å². The molecule has 0 bridgehead atoms. The minimum atomic E-state index is -3.22. The fourth-order valence-electron chi connectivity index (χ4n) is 4.72. The second-order valence-corrected chi connectivity index (χ2v) is 12.1. The lowest BCUT2D eigenvalue weighted by Crippen LogP contribution is -2.39. The molecule has 7 nitrogen and oxygen atoms in total. The molecule has 0 atom stereocenters. The van der Waals surface area contributed by atoms with Gasteiger partial charge in [0.15, 0.2) is 0 Å². The molecule has 3 heterocycles. The lowest BCUT2D eigenvalue weighted by atomic mass is 9.89. The number of benzene rings is 1. The summed E-state index contributed by atoms with van der Waals surface area (Å²) in [5.74, 6) is 0.111. The molecule has 178 valence electrons. The zero-order valence-electron chi connectivity index (χ0n) is 19.2. The second-order valence-electron chi connectivity index (χ2n) is 9.07. The highest BCUT2D eigenvalue weighted by atomic mass is 32.2. The predicted octanol–water partition coefficient (Wildman–Crippen LogP) is 3.39. The number of fused-ring (bicyclic) bond motifs is 1. The number of carbonyl (C=O) groups is 1. The summed E-state index contributed by atoms with van der Waals surface area (Å²) < 4.78 is 27.2. The third kappa shape index (κ3) is 5.48. The van der Waals surface area contributed by atoms with E-state index in [1.165, 1.54) is 5.56 Å². The number of hydrogen-bond acceptors (Lipinski definition) is 5. The minimum absolute atomic E-state index is 0.180. The number of piperidine rings is 1. The number of hydrogen-bond donors (Lipinski definition) is 2. The number of aromatic nitrogens is 1. The smallest absolute Gasteiger partial charge is 0.221 e. The molecule has 0 spiro atoms. The van der Waals surface area contributed by atoms with Crippen molar-refractivity contribution >= 4 is 38.2 Å². The molecule has 0 radical (unpaired) electrons. The molecular weight excluding hydrogens is 456 g/mol. The van der Waals surface area contributed by atoms with Gasteiger partial charge in [-0.05, 0) is 86.1 Å². The van der Waals surface area contributed by atoms with Crippen LogP contribution >= 0.6 is 11.3 Å². The van der Waals surface area contributed by atoms with Gasteiger partial charge in [0, 0.05) is 35.1 Å². The Morgan fingerprint density at radius 2 is 2.03 bits per heavy atom. The number of H-pyrrole nitrogens is 1. The maximum atomic E-state index is 12.8. The average molecular weight is 489 g/mol. The van der Waals surface area contributed by atoms with Gasteiger partial charge in [0.2, 0.25) is 15.9 Å². The van der Waals surface area contributed by atoms with Gasteiger partial charge in [-0.1, -0.05) is 6.07 Å². The summed E-state index contributed by atoms with van der Waals surface area (Å²) in [5, 5.41) is 3.14. The van der Waals surface area contributed by atoms with Crippen LogP contribution < -0.4 is 5.73 Å². The number of nitrogens with two attached hydrogens (primary N) is 1. The van der Waals surface area contributed by atoms with Crippen molar-refractivity contribution < 1.29 is 13.2 Å². The maximum absolute atomic E-state index is 12.8. The summed E-state index contributed by atoms with van der Waals surface area (Å²) in [4.78, 5) is 18.2. The van der Waals surface area contributed by atoms with Crippen LogP contribution in [0.1, 0.15) is 36.3 Å². The normalized spacial score (nSPS) is 16.1. The van der Waals surface area contributed by atoms with Gasteiger partial charge in [-0.25, -0.2) is 12.7 Å². The fraction of sp³-hybridized carbons (Fsp3) is 0.458. The van der Waals surface area contributed by atoms with Crippen LogP contribution in [0.15, 0.2) is 35.8 Å². The van der Waals surface area contributed by atoms with Crippen LogP contribution in [0.5, 0.6) is 0 Å². The first kappa shape index (κ1) is 23.9. The molecule has 2 aromatic heterocycles. The number of thiophene rings is 1. The van der Waals surface area contributed by atoms with E-state index in [0.29, 0.717) is 19.5 Å². The predicted molar refractivity (Wildman–Crippen MR) is 135 cm³/mol. The van der Waals surface area contributed by atoms with Gasteiger partial charge in [0.25, 0.3) is 0 Å². The Morgan fingerprint density at radius 1 is 1.27 bits per heavy atom. The summed E-state index contributed by atoms with van der Waals surface area (Å²) in [5.41, 5.74) is 9.64. The van der Waals surface area contributed by atoms with E-state index in [4.69, 9.17) is 5.73 Å². The molecule has 1 aromatic carbocycles. The van der Waals surface area contributed by atoms with Crippen LogP contribution in [0.2, 0.25) is 0 Å². The number of carbonyl (C=O) groups excluding carboxylic acids is 1. The highest BCUT2D eigenvalue weighted by Crippen LogP contribution is 2.38. The van der Waals surface area contributed by atoms with E-state index in [0.717, 1.165) is 46.3 Å². The van der Waals surface area contributed by atoms with Crippen LogP contribution in [0.25, 0.3) is 21.3 Å². The van der Waals surface area contributed by atoms with Crippen LogP contribution in [-0.4, -0.2) is 68.0 Å². The van der Waals surface area contributed by atoms with Gasteiger partial charge >= 0.3 is 0 Å². The highest BCUT2D eigenvalue weighted by Gasteiger charge is 2.29. The summed E-state index contributed by atoms with van der Waals surface area (Å²) in [6.45, 7) is 1.85. The van der Waals surface area contributed by atoms with Gasteiger partial charge in [-0.3, -0.25) is 4.79 Å². The Labute approximate surface area is 199 Å². The number of amides is 1. The molecule has 1 amide bonds. The molecule has 3 N–H and O–H groups in total. The summed E-state index contributed by atoms with van der Waals surface area (Å²) in [6.07, 6.45) is 4.42.